The summed E-state index contributed by atoms with van der Waals surface area (Å²) in [6.07, 6.45) is 0.362. The topological polar surface area (TPSA) is 56.7 Å². The molecule has 5 aromatic carbocycles. The Labute approximate surface area is 366 Å². The number of hydrogen-bond donors (Lipinski definition) is 0. The Kier molecular flexibility index (Phi) is 9.39. The van der Waals surface area contributed by atoms with E-state index in [0.29, 0.717) is 22.5 Å². The zero-order valence-corrected chi connectivity index (χ0v) is 38.4. The Morgan fingerprint density at radius 3 is 2.45 bits per heavy atom. The van der Waals surface area contributed by atoms with Gasteiger partial charge in [-0.25, -0.2) is 4.98 Å². The molecule has 0 atom stereocenters. The standard InChI is InChI=1S/C31H18N3OS.C19H26GeN.Ir/c1-18-13-15-22-21-8-6-9-23(29(21)35-31(22)32-18)30-33-25-10-3-4-11-26(25)34(30)19-14-16-28-24(17-19)20-7-2-5-12-27(20)36-28;1-14(2)11-17-12-19(16-9-7-15(3)8-10-16)21-13-18(17)20(4,5)6;/h2-8,10-17H,1H3;7-9,12-14H,11H2,1-6H3;/q2*-1;/i;3D3,11D2;. The summed E-state index contributed by atoms with van der Waals surface area (Å²) in [5.41, 5.74) is 8.42. The van der Waals surface area contributed by atoms with Crippen LogP contribution in [0.1, 0.15) is 37.5 Å². The molecular formula is C50H44GeIrN4OS-2. The molecule has 8 heteroatoms. The maximum atomic E-state index is 8.60. The van der Waals surface area contributed by atoms with Crippen molar-refractivity contribution in [1.82, 2.24) is 19.5 Å². The molecule has 5 aromatic heterocycles. The first-order valence-electron chi connectivity index (χ1n) is 21.6. The van der Waals surface area contributed by atoms with E-state index in [1.54, 1.807) is 12.1 Å². The van der Waals surface area contributed by atoms with Crippen LogP contribution in [0.25, 0.3) is 81.6 Å². The zero-order chi connectivity index (χ0) is 43.7. The molecule has 0 fully saturated rings. The van der Waals surface area contributed by atoms with Gasteiger partial charge in [0.2, 0.25) is 5.71 Å². The number of furan rings is 1. The normalized spacial score (nSPS) is 13.5. The SMILES string of the molecule is Cc1ccc2c(n1)oc1c(-c3nc4ccccc4n3-c3ccc4sc5ccccc5c4c3)[c-]ccc12.[2H]C([2H])([2H])c1c[c-]c(-c2cc(C([2H])([2H])C(C)C)[c]([Ge]([CH3])([CH3])[CH3])cn2)cc1.[Ir]. The number of hydrogen-bond acceptors (Lipinski definition) is 5. The second kappa shape index (κ2) is 16.0. The predicted octanol–water partition coefficient (Wildman–Crippen LogP) is 13.1. The molecule has 0 aliphatic heterocycles. The molecule has 0 unspecified atom stereocenters. The van der Waals surface area contributed by atoms with Crippen LogP contribution in [0.4, 0.5) is 0 Å². The first-order chi connectivity index (χ1) is 29.5. The van der Waals surface area contributed by atoms with Gasteiger partial charge >= 0.3 is 139 Å². The monoisotopic (exact) mass is 1020 g/mol. The van der Waals surface area contributed by atoms with E-state index in [4.69, 9.17) is 16.3 Å². The summed E-state index contributed by atoms with van der Waals surface area (Å²) in [6.45, 7) is 3.59. The van der Waals surface area contributed by atoms with Gasteiger partial charge in [-0.1, -0.05) is 41.3 Å². The van der Waals surface area contributed by atoms with Gasteiger partial charge in [0.25, 0.3) is 0 Å². The molecule has 0 bridgehead atoms. The van der Waals surface area contributed by atoms with E-state index in [1.165, 1.54) is 26.2 Å². The largest absolute Gasteiger partial charge is 0 e. The van der Waals surface area contributed by atoms with Gasteiger partial charge in [-0.15, -0.1) is 29.5 Å². The van der Waals surface area contributed by atoms with E-state index in [1.807, 2.05) is 68.6 Å². The summed E-state index contributed by atoms with van der Waals surface area (Å²) < 4.78 is 51.8. The summed E-state index contributed by atoms with van der Waals surface area (Å²) in [4.78, 5) is 14.3. The predicted molar refractivity (Wildman–Crippen MR) is 243 cm³/mol. The van der Waals surface area contributed by atoms with E-state index in [-0.39, 0.29) is 31.6 Å². The Morgan fingerprint density at radius 1 is 0.845 bits per heavy atom. The fraction of sp³-hybridized carbons (Fsp3) is 0.180. The van der Waals surface area contributed by atoms with E-state index in [2.05, 4.69) is 111 Å². The summed E-state index contributed by atoms with van der Waals surface area (Å²) in [5.74, 6) is 7.33. The van der Waals surface area contributed by atoms with Gasteiger partial charge in [-0.05, 0) is 55.5 Å². The minimum absolute atomic E-state index is 0. The van der Waals surface area contributed by atoms with Gasteiger partial charge in [-0.2, -0.15) is 0 Å². The van der Waals surface area contributed by atoms with Crippen molar-refractivity contribution in [3.63, 3.8) is 0 Å². The second-order valence-corrected chi connectivity index (χ2v) is 27.4. The number of para-hydroxylation sites is 2. The zero-order valence-electron chi connectivity index (χ0n) is 38.1. The van der Waals surface area contributed by atoms with Crippen molar-refractivity contribution >= 4 is 82.3 Å². The number of fused-ring (bicyclic) bond motifs is 7. The van der Waals surface area contributed by atoms with E-state index < -0.39 is 26.5 Å². The summed E-state index contributed by atoms with van der Waals surface area (Å²) in [5, 5.41) is 4.55. The maximum absolute atomic E-state index is 8.60. The third kappa shape index (κ3) is 7.57. The minimum atomic E-state index is -2.32. The molecule has 5 heterocycles. The second-order valence-electron chi connectivity index (χ2n) is 15.7. The number of imidazole rings is 1. The fourth-order valence-electron chi connectivity index (χ4n) is 7.40. The molecule has 0 saturated heterocycles. The summed E-state index contributed by atoms with van der Waals surface area (Å²) in [6, 6.07) is 44.6. The van der Waals surface area contributed by atoms with Crippen LogP contribution in [0.2, 0.25) is 17.3 Å². The number of thiophene rings is 1. The van der Waals surface area contributed by atoms with Crippen molar-refractivity contribution in [2.45, 2.75) is 51.3 Å². The number of pyridine rings is 2. The third-order valence-corrected chi connectivity index (χ3v) is 15.5. The van der Waals surface area contributed by atoms with Gasteiger partial charge in [0, 0.05) is 57.0 Å². The van der Waals surface area contributed by atoms with E-state index in [9.17, 15) is 0 Å². The van der Waals surface area contributed by atoms with Crippen LogP contribution in [0.3, 0.4) is 0 Å². The quantitative estimate of drug-likeness (QED) is 0.123. The Hall–Kier alpha value is -4.92. The molecule has 10 rings (SSSR count). The van der Waals surface area contributed by atoms with E-state index in [0.717, 1.165) is 54.6 Å². The number of aromatic nitrogens is 4. The molecule has 5 nitrogen and oxygen atoms in total. The van der Waals surface area contributed by atoms with Crippen LogP contribution >= 0.6 is 11.3 Å². The van der Waals surface area contributed by atoms with Crippen molar-refractivity contribution in [2.75, 3.05) is 0 Å². The molecule has 0 amide bonds. The molecule has 0 saturated carbocycles. The fourth-order valence-corrected chi connectivity index (χ4v) is 11.4. The van der Waals surface area contributed by atoms with Gasteiger partial charge < -0.3 is 8.98 Å². The van der Waals surface area contributed by atoms with Crippen molar-refractivity contribution in [1.29, 1.82) is 0 Å². The number of rotatable bonds is 6. The van der Waals surface area contributed by atoms with Crippen LogP contribution in [0, 0.1) is 31.8 Å². The molecule has 10 aromatic rings. The first kappa shape index (κ1) is 34.0. The van der Waals surface area contributed by atoms with Crippen LogP contribution in [0.5, 0.6) is 0 Å². The first-order valence-corrected chi connectivity index (χ1v) is 27.3. The molecule has 0 N–H and O–H groups in total. The van der Waals surface area contributed by atoms with Gasteiger partial charge in [0.15, 0.2) is 0 Å². The molecule has 0 aliphatic rings. The van der Waals surface area contributed by atoms with Crippen LogP contribution < -0.4 is 4.40 Å². The minimum Gasteiger partial charge on any atom is 0 e. The third-order valence-electron chi connectivity index (χ3n) is 10.1. The molecule has 291 valence electrons. The van der Waals surface area contributed by atoms with Crippen molar-refractivity contribution in [3.05, 3.63) is 150 Å². The van der Waals surface area contributed by atoms with Crippen molar-refractivity contribution in [2.24, 2.45) is 5.92 Å². The number of benzene rings is 5. The van der Waals surface area contributed by atoms with Crippen molar-refractivity contribution in [3.8, 4) is 28.3 Å². The molecule has 1 radical (unpaired) electrons. The average molecular weight is 1020 g/mol. The van der Waals surface area contributed by atoms with Gasteiger partial charge in [0.1, 0.15) is 0 Å². The molecule has 58 heavy (non-hydrogen) atoms. The van der Waals surface area contributed by atoms with Gasteiger partial charge in [0.05, 0.1) is 22.4 Å². The van der Waals surface area contributed by atoms with Gasteiger partial charge in [-0.3, -0.25) is 4.98 Å². The smallest absolute Gasteiger partial charge is 0 e. The van der Waals surface area contributed by atoms with Crippen molar-refractivity contribution < 1.29 is 31.4 Å². The number of nitrogens with zero attached hydrogens (tertiary/aromatic N) is 4. The molecular weight excluding hydrogens is 969 g/mol. The van der Waals surface area contributed by atoms with E-state index >= 15 is 0 Å². The number of aryl methyl sites for hydroxylation is 2. The molecule has 0 spiro atoms. The van der Waals surface area contributed by atoms with Crippen LogP contribution in [-0.4, -0.2) is 32.8 Å². The Balaban J connectivity index is 0.000000181. The summed E-state index contributed by atoms with van der Waals surface area (Å²) >= 11 is -0.493. The van der Waals surface area contributed by atoms with Crippen LogP contribution in [0.15, 0.2) is 126 Å². The maximum Gasteiger partial charge on any atom is 0 e. The average Bonchev–Trinajstić information content (AvgIpc) is 3.94. The Morgan fingerprint density at radius 2 is 1.66 bits per heavy atom. The Bertz CT molecular complexity index is 3310. The van der Waals surface area contributed by atoms with Crippen LogP contribution in [-0.2, 0) is 26.5 Å². The summed E-state index contributed by atoms with van der Waals surface area (Å²) in [7, 11) is 0. The molecule has 0 aliphatic carbocycles.